The second-order valence-corrected chi connectivity index (χ2v) is 5.79. The van der Waals surface area contributed by atoms with Gasteiger partial charge in [0, 0.05) is 6.54 Å². The summed E-state index contributed by atoms with van der Waals surface area (Å²) >= 11 is 0. The number of hydrogen-bond donors (Lipinski definition) is 1. The number of benzene rings is 2. The zero-order valence-electron chi connectivity index (χ0n) is 14.5. The number of rotatable bonds is 8. The van der Waals surface area contributed by atoms with Gasteiger partial charge in [-0.3, -0.25) is 4.79 Å². The molecule has 0 spiro atoms. The fourth-order valence-electron chi connectivity index (χ4n) is 2.48. The van der Waals surface area contributed by atoms with E-state index in [1.54, 1.807) is 20.1 Å². The van der Waals surface area contributed by atoms with Crippen molar-refractivity contribution in [3.8, 4) is 11.5 Å². The quantitative estimate of drug-likeness (QED) is 0.755. The molecule has 1 N–H and O–H groups in total. The molecule has 0 aliphatic heterocycles. The van der Waals surface area contributed by atoms with Crippen LogP contribution in [0.3, 0.4) is 0 Å². The first-order chi connectivity index (χ1) is 11.6. The molecule has 1 amide bonds. The first kappa shape index (κ1) is 17.9. The van der Waals surface area contributed by atoms with E-state index in [4.69, 9.17) is 9.47 Å². The molecule has 1 atom stereocenters. The monoisotopic (exact) mass is 327 g/mol. The van der Waals surface area contributed by atoms with Crippen LogP contribution in [0.1, 0.15) is 24.5 Å². The molecule has 4 heteroatoms. The summed E-state index contributed by atoms with van der Waals surface area (Å²) in [6.45, 7) is 4.46. The number of nitrogens with one attached hydrogen (secondary N) is 1. The first-order valence-electron chi connectivity index (χ1n) is 8.23. The Labute approximate surface area is 143 Å². The van der Waals surface area contributed by atoms with Gasteiger partial charge in [-0.2, -0.15) is 0 Å². The van der Waals surface area contributed by atoms with Crippen LogP contribution >= 0.6 is 0 Å². The molecular formula is C20H25NO3. The Morgan fingerprint density at radius 3 is 2.58 bits per heavy atom. The van der Waals surface area contributed by atoms with Crippen molar-refractivity contribution >= 4 is 5.91 Å². The van der Waals surface area contributed by atoms with E-state index < -0.39 is 6.10 Å². The van der Waals surface area contributed by atoms with Gasteiger partial charge in [0.15, 0.2) is 17.6 Å². The highest BCUT2D eigenvalue weighted by Crippen LogP contribution is 2.26. The smallest absolute Gasteiger partial charge is 0.260 e. The number of ether oxygens (including phenoxy) is 2. The Morgan fingerprint density at radius 2 is 1.88 bits per heavy atom. The van der Waals surface area contributed by atoms with E-state index in [-0.39, 0.29) is 5.91 Å². The molecule has 0 bridgehead atoms. The standard InChI is InChI=1S/C20H25NO3/c1-15-8-6-9-17(14-15)10-7-13-21-20(22)16(2)24-19-12-5-4-11-18(19)23-3/h4-6,8-9,11-12,14,16H,7,10,13H2,1-3H3,(H,21,22). The Balaban J connectivity index is 1.75. The molecular weight excluding hydrogens is 302 g/mol. The lowest BCUT2D eigenvalue weighted by Gasteiger charge is -2.16. The van der Waals surface area contributed by atoms with Crippen LogP contribution in [0.25, 0.3) is 0 Å². The van der Waals surface area contributed by atoms with Crippen LogP contribution in [0.2, 0.25) is 0 Å². The third-order valence-corrected chi connectivity index (χ3v) is 3.77. The number of para-hydroxylation sites is 2. The van der Waals surface area contributed by atoms with E-state index in [2.05, 4.69) is 36.5 Å². The fraction of sp³-hybridized carbons (Fsp3) is 0.350. The number of hydrogen-bond acceptors (Lipinski definition) is 3. The lowest BCUT2D eigenvalue weighted by molar-refractivity contribution is -0.127. The van der Waals surface area contributed by atoms with Gasteiger partial charge in [0.05, 0.1) is 7.11 Å². The zero-order chi connectivity index (χ0) is 17.4. The summed E-state index contributed by atoms with van der Waals surface area (Å²) in [5.41, 5.74) is 2.55. The first-order valence-corrected chi connectivity index (χ1v) is 8.23. The second kappa shape index (κ2) is 8.96. The molecule has 0 aliphatic carbocycles. The van der Waals surface area contributed by atoms with Crippen LogP contribution < -0.4 is 14.8 Å². The maximum absolute atomic E-state index is 12.1. The second-order valence-electron chi connectivity index (χ2n) is 5.79. The van der Waals surface area contributed by atoms with Crippen molar-refractivity contribution in [3.63, 3.8) is 0 Å². The fourth-order valence-corrected chi connectivity index (χ4v) is 2.48. The Morgan fingerprint density at radius 1 is 1.12 bits per heavy atom. The third-order valence-electron chi connectivity index (χ3n) is 3.77. The number of carbonyl (C=O) groups excluding carboxylic acids is 1. The molecule has 0 saturated heterocycles. The molecule has 128 valence electrons. The van der Waals surface area contributed by atoms with Crippen molar-refractivity contribution in [1.29, 1.82) is 0 Å². The number of carbonyl (C=O) groups is 1. The van der Waals surface area contributed by atoms with Crippen LogP contribution in [0.5, 0.6) is 11.5 Å². The highest BCUT2D eigenvalue weighted by atomic mass is 16.5. The topological polar surface area (TPSA) is 47.6 Å². The van der Waals surface area contributed by atoms with E-state index in [1.165, 1.54) is 11.1 Å². The number of methoxy groups -OCH3 is 1. The van der Waals surface area contributed by atoms with Gasteiger partial charge in [-0.05, 0) is 44.4 Å². The Bertz CT molecular complexity index is 669. The highest BCUT2D eigenvalue weighted by Gasteiger charge is 2.15. The van der Waals surface area contributed by atoms with Crippen molar-refractivity contribution in [2.75, 3.05) is 13.7 Å². The number of amides is 1. The largest absolute Gasteiger partial charge is 0.493 e. The van der Waals surface area contributed by atoms with Crippen LogP contribution in [-0.4, -0.2) is 25.7 Å². The van der Waals surface area contributed by atoms with Crippen LogP contribution in [-0.2, 0) is 11.2 Å². The lowest BCUT2D eigenvalue weighted by atomic mass is 10.1. The normalized spacial score (nSPS) is 11.6. The molecule has 0 fully saturated rings. The molecule has 24 heavy (non-hydrogen) atoms. The molecule has 1 unspecified atom stereocenters. The van der Waals surface area contributed by atoms with E-state index in [0.717, 1.165) is 12.8 Å². The summed E-state index contributed by atoms with van der Waals surface area (Å²) in [7, 11) is 1.58. The van der Waals surface area contributed by atoms with Crippen LogP contribution in [0.15, 0.2) is 48.5 Å². The molecule has 0 saturated carbocycles. The predicted molar refractivity (Wildman–Crippen MR) is 95.6 cm³/mol. The van der Waals surface area contributed by atoms with Gasteiger partial charge in [-0.1, -0.05) is 42.0 Å². The van der Waals surface area contributed by atoms with E-state index in [1.807, 2.05) is 18.2 Å². The maximum Gasteiger partial charge on any atom is 0.260 e. The van der Waals surface area contributed by atoms with Crippen molar-refractivity contribution in [1.82, 2.24) is 5.32 Å². The van der Waals surface area contributed by atoms with Crippen molar-refractivity contribution < 1.29 is 14.3 Å². The van der Waals surface area contributed by atoms with Gasteiger partial charge >= 0.3 is 0 Å². The van der Waals surface area contributed by atoms with Crippen LogP contribution in [0.4, 0.5) is 0 Å². The minimum Gasteiger partial charge on any atom is -0.493 e. The summed E-state index contributed by atoms with van der Waals surface area (Å²) in [6, 6.07) is 15.8. The summed E-state index contributed by atoms with van der Waals surface area (Å²) in [6.07, 6.45) is 1.28. The number of aryl methyl sites for hydroxylation is 2. The van der Waals surface area contributed by atoms with Crippen molar-refractivity contribution in [3.05, 3.63) is 59.7 Å². The SMILES string of the molecule is COc1ccccc1OC(C)C(=O)NCCCc1cccc(C)c1. The van der Waals surface area contributed by atoms with Crippen LogP contribution in [0, 0.1) is 6.92 Å². The molecule has 0 radical (unpaired) electrons. The molecule has 4 nitrogen and oxygen atoms in total. The van der Waals surface area contributed by atoms with Gasteiger partial charge in [0.25, 0.3) is 5.91 Å². The minimum atomic E-state index is -0.569. The molecule has 2 aromatic carbocycles. The van der Waals surface area contributed by atoms with E-state index >= 15 is 0 Å². The third kappa shape index (κ3) is 5.30. The predicted octanol–water partition coefficient (Wildman–Crippen LogP) is 3.52. The summed E-state index contributed by atoms with van der Waals surface area (Å²) < 4.78 is 10.9. The molecule has 0 aliphatic rings. The van der Waals surface area contributed by atoms with E-state index in [0.29, 0.717) is 18.0 Å². The average Bonchev–Trinajstić information content (AvgIpc) is 2.59. The zero-order valence-corrected chi connectivity index (χ0v) is 14.5. The Kier molecular flexibility index (Phi) is 6.67. The molecule has 0 heterocycles. The lowest BCUT2D eigenvalue weighted by Crippen LogP contribution is -2.37. The molecule has 2 rings (SSSR count). The average molecular weight is 327 g/mol. The van der Waals surface area contributed by atoms with Gasteiger partial charge in [0.1, 0.15) is 0 Å². The van der Waals surface area contributed by atoms with Crippen molar-refractivity contribution in [2.24, 2.45) is 0 Å². The summed E-state index contributed by atoms with van der Waals surface area (Å²) in [5, 5.41) is 2.92. The van der Waals surface area contributed by atoms with Gasteiger partial charge in [0.2, 0.25) is 0 Å². The Hall–Kier alpha value is -2.49. The van der Waals surface area contributed by atoms with Crippen molar-refractivity contribution in [2.45, 2.75) is 32.8 Å². The molecule has 0 aromatic heterocycles. The van der Waals surface area contributed by atoms with E-state index in [9.17, 15) is 4.79 Å². The van der Waals surface area contributed by atoms with Gasteiger partial charge in [-0.15, -0.1) is 0 Å². The minimum absolute atomic E-state index is 0.120. The highest BCUT2D eigenvalue weighted by molar-refractivity contribution is 5.80. The maximum atomic E-state index is 12.1. The summed E-state index contributed by atoms with van der Waals surface area (Å²) in [5.74, 6) is 1.07. The molecule has 2 aromatic rings. The summed E-state index contributed by atoms with van der Waals surface area (Å²) in [4.78, 5) is 12.1. The van der Waals surface area contributed by atoms with Gasteiger partial charge < -0.3 is 14.8 Å². The van der Waals surface area contributed by atoms with Gasteiger partial charge in [-0.25, -0.2) is 0 Å².